The maximum Gasteiger partial charge on any atom is -0.0134 e. The van der Waals surface area contributed by atoms with Gasteiger partial charge in [-0.25, -0.2) is 34.7 Å². The average molecular weight is 1940 g/mol. The van der Waals surface area contributed by atoms with Crippen LogP contribution in [0, 0.1) is 0 Å². The molecule has 5 aliphatic rings. The zero-order valence-corrected chi connectivity index (χ0v) is 79.0. The fourth-order valence-corrected chi connectivity index (χ4v) is 23.7. The van der Waals surface area contributed by atoms with Crippen molar-refractivity contribution in [3.8, 4) is 22.3 Å². The van der Waals surface area contributed by atoms with Crippen molar-refractivity contribution in [1.82, 2.24) is 47.3 Å². The summed E-state index contributed by atoms with van der Waals surface area (Å²) in [4.78, 5) is 14.7. The first kappa shape index (κ1) is 92.5. The van der Waals surface area contributed by atoms with Crippen LogP contribution >= 0.6 is 50.8 Å². The molecule has 2 aliphatic carbocycles. The van der Waals surface area contributed by atoms with Gasteiger partial charge in [-0.3, -0.25) is 19.2 Å². The van der Waals surface area contributed by atoms with E-state index in [0.29, 0.717) is 23.4 Å². The van der Waals surface area contributed by atoms with E-state index in [-0.39, 0.29) is 44.1 Å². The van der Waals surface area contributed by atoms with E-state index >= 15 is 0 Å². The number of ether oxygens (including phenoxy) is 2. The Kier molecular flexibility index (Phi) is 32.5. The molecule has 19 rings (SSSR count). The summed E-state index contributed by atoms with van der Waals surface area (Å²) in [7, 11) is 4.70. The second-order valence-corrected chi connectivity index (χ2v) is 43.3. The summed E-state index contributed by atoms with van der Waals surface area (Å²) in [6.07, 6.45) is 27.3. The van der Waals surface area contributed by atoms with Crippen LogP contribution in [0.3, 0.4) is 0 Å². The van der Waals surface area contributed by atoms with Gasteiger partial charge in [0.25, 0.3) is 20.0 Å². The molecule has 2 unspecified atom stereocenters. The Bertz CT molecular complexity index is 5780. The molecule has 6 aromatic heterocycles. The van der Waals surface area contributed by atoms with Crippen LogP contribution in [0.2, 0.25) is 0 Å². The number of benzene rings is 8. The van der Waals surface area contributed by atoms with Crippen LogP contribution in [0.4, 0.5) is 0 Å². The van der Waals surface area contributed by atoms with Crippen molar-refractivity contribution in [2.45, 2.75) is 112 Å². The summed E-state index contributed by atoms with van der Waals surface area (Å²) >= 11 is 3.30. The number of aromatic nitrogens is 8. The molecule has 8 aromatic carbocycles. The molecule has 650 valence electrons. The number of hydrogen-bond acceptors (Lipinski definition) is 14. The molecule has 27 heteroatoms. The van der Waals surface area contributed by atoms with Crippen molar-refractivity contribution in [2.75, 3.05) is 52.6 Å². The predicted octanol–water partition coefficient (Wildman–Crippen LogP) is 18.9. The maximum atomic E-state index is 13.6. The van der Waals surface area contributed by atoms with E-state index in [0.717, 1.165) is 134 Å². The number of rotatable bonds is 16. The SMILES string of the molecule is CC1(C)OB(C2=CCC(N3CCCOCC3)CC2)OC1(C)C.Cn1cc(-c2cn(S(=O)(=O)c3ccccc3)c3ncc(Br)cc23)cn1.Cn1cc(-c2cn(S(=O)(=O)c3ccccc3)c3ncc(C4=CCC(N5CCCOCC5)CC4)cc23)cn1.[Cl][Pd][Cl].c1ccc(P(c2ccccc2)c2ccccc2)cc1.c1ccc(P(c2ccccc2)c2ccccc2)cc1. The van der Waals surface area contributed by atoms with Gasteiger partial charge in [0.15, 0.2) is 11.3 Å². The zero-order valence-electron chi connectivity index (χ0n) is 71.0. The molecule has 125 heavy (non-hydrogen) atoms. The molecule has 0 radical (unpaired) electrons. The van der Waals surface area contributed by atoms with Gasteiger partial charge in [-0.05, 0) is 196 Å². The molecule has 3 saturated heterocycles. The molecule has 3 aliphatic heterocycles. The Morgan fingerprint density at radius 1 is 0.440 bits per heavy atom. The molecular formula is C98H104BBrCl2N10O8P2PdS2. The van der Waals surface area contributed by atoms with E-state index in [1.54, 1.807) is 101 Å². The van der Waals surface area contributed by atoms with Gasteiger partial charge < -0.3 is 18.8 Å². The number of allylic oxidation sites excluding steroid dienone is 2. The predicted molar refractivity (Wildman–Crippen MR) is 513 cm³/mol. The first-order chi connectivity index (χ1) is 60.7. The first-order valence-corrected chi connectivity index (χ1v) is 52.4. The number of hydrogen-bond donors (Lipinski definition) is 0. The third-order valence-corrected chi connectivity index (χ3v) is 31.8. The van der Waals surface area contributed by atoms with Crippen LogP contribution < -0.4 is 31.8 Å². The smallest absolute Gasteiger partial charge is 0.0134 e. The number of nitrogens with zero attached hydrogens (tertiary/aromatic N) is 10. The molecule has 14 aromatic rings. The number of halogens is 3. The standard InChI is InChI=1S/C28H31N5O3S.2C18H15P.C17H30BNO3.C17H13BrN4O2S.2ClH.Pd/c1-31-19-23(18-30-31)27-20-33(37(34,35)25-6-3-2-4-7-25)28-26(27)16-22(17-29-28)21-8-10-24(11-9-21)32-12-5-14-36-15-13-32;2*1-4-10-16(11-5-1)19(17-12-6-2-7-13-17)18-14-8-3-9-15-18;1-16(2)17(3,4)22-18(21-16)14-6-8-15(9-7-14)19-10-5-12-20-13-11-19;1-21-10-12(8-20-21)16-11-22(17-15(16)7-13(18)9-19-17)25(23,24)14-5-3-2-4-6-14;;;/h2-4,6-8,16-20,24H,5,9-15H2,1H3;2*1-15H;6,15H,5,7-13H2,1-4H3;2-11H,1H3;2*1H;/q;;;;;;;+2/p-2. The summed E-state index contributed by atoms with van der Waals surface area (Å²) in [5, 5.41) is 18.4. The number of fused-ring (bicyclic) bond motifs is 2. The Morgan fingerprint density at radius 3 is 1.14 bits per heavy atom. The minimum Gasteiger partial charge on any atom is -0.0622 e. The molecule has 2 atom stereocenters. The Morgan fingerprint density at radius 2 is 0.792 bits per heavy atom. The van der Waals surface area contributed by atoms with Crippen LogP contribution in [0.1, 0.15) is 84.6 Å². The van der Waals surface area contributed by atoms with Crippen molar-refractivity contribution in [1.29, 1.82) is 0 Å². The van der Waals surface area contributed by atoms with E-state index in [4.69, 9.17) is 42.8 Å². The molecule has 0 bridgehead atoms. The minimum atomic E-state index is -3.81. The second-order valence-electron chi connectivity index (χ2n) is 31.9. The second kappa shape index (κ2) is 43.9. The van der Waals surface area contributed by atoms with Crippen molar-refractivity contribution in [2.24, 2.45) is 14.1 Å². The topological polar surface area (TPSA) is 183 Å². The van der Waals surface area contributed by atoms with Crippen LogP contribution in [0.15, 0.2) is 336 Å². The summed E-state index contributed by atoms with van der Waals surface area (Å²) in [6.45, 7) is 16.3. The van der Waals surface area contributed by atoms with Crippen LogP contribution in [0.5, 0.6) is 0 Å². The van der Waals surface area contributed by atoms with Crippen LogP contribution in [0.25, 0.3) is 49.9 Å². The maximum absolute atomic E-state index is 13.6. The van der Waals surface area contributed by atoms with Gasteiger partial charge in [0.1, 0.15) is 0 Å². The van der Waals surface area contributed by atoms with Gasteiger partial charge in [0.2, 0.25) is 0 Å². The molecular weight excluding hydrogens is 1840 g/mol. The summed E-state index contributed by atoms with van der Waals surface area (Å²) in [5.41, 5.74) is 7.22. The molecule has 9 heterocycles. The van der Waals surface area contributed by atoms with Gasteiger partial charge in [-0.1, -0.05) is 231 Å². The van der Waals surface area contributed by atoms with Crippen molar-refractivity contribution in [3.63, 3.8) is 0 Å². The van der Waals surface area contributed by atoms with Gasteiger partial charge in [0, 0.05) is 140 Å². The van der Waals surface area contributed by atoms with Crippen molar-refractivity contribution < 1.29 is 51.6 Å². The third-order valence-electron chi connectivity index (χ3n) is 23.2. The quantitative estimate of drug-likeness (QED) is 0.0658. The zero-order chi connectivity index (χ0) is 87.3. The fraction of sp³-hybridized carbons (Fsp3) is 0.265. The van der Waals surface area contributed by atoms with Gasteiger partial charge >= 0.3 is 42.1 Å². The summed E-state index contributed by atoms with van der Waals surface area (Å²) in [6, 6.07) is 86.6. The molecule has 0 spiro atoms. The molecule has 18 nitrogen and oxygen atoms in total. The van der Waals surface area contributed by atoms with E-state index in [1.165, 1.54) is 63.8 Å². The number of pyridine rings is 2. The van der Waals surface area contributed by atoms with E-state index in [9.17, 15) is 16.8 Å². The van der Waals surface area contributed by atoms with Gasteiger partial charge in [0.05, 0.1) is 46.6 Å². The fourth-order valence-electron chi connectivity index (χ4n) is 16.1. The Labute approximate surface area is 763 Å². The third kappa shape index (κ3) is 23.3. The van der Waals surface area contributed by atoms with Crippen LogP contribution in [-0.4, -0.2) is 147 Å². The van der Waals surface area contributed by atoms with Gasteiger partial charge in [-0.15, -0.1) is 0 Å². The van der Waals surface area contributed by atoms with Crippen molar-refractivity contribution in [3.05, 3.63) is 332 Å². The molecule has 0 amide bonds. The largest absolute Gasteiger partial charge is 0.0622 e. The Balaban J connectivity index is 0.000000129. The summed E-state index contributed by atoms with van der Waals surface area (Å²) in [5.74, 6) is 0. The molecule has 3 fully saturated rings. The monoisotopic (exact) mass is 1940 g/mol. The normalized spacial score (nSPS) is 17.3. The van der Waals surface area contributed by atoms with E-state index in [2.05, 4.69) is 269 Å². The van der Waals surface area contributed by atoms with Crippen LogP contribution in [-0.2, 0) is 68.9 Å². The minimum absolute atomic E-state index is 0.106. The van der Waals surface area contributed by atoms with E-state index in [1.807, 2.05) is 38.8 Å². The first-order valence-electron chi connectivity index (χ1n) is 42.1. The molecule has 0 N–H and O–H groups in total. The average Bonchev–Trinajstić information content (AvgIpc) is 1.60. The number of aryl methyl sites for hydroxylation is 2. The van der Waals surface area contributed by atoms with Gasteiger partial charge in [-0.2, -0.15) is 10.2 Å². The Hall–Kier alpha value is -8.65. The summed E-state index contributed by atoms with van der Waals surface area (Å²) < 4.78 is 83.6. The van der Waals surface area contributed by atoms with Crippen molar-refractivity contribution >= 4 is 137 Å². The van der Waals surface area contributed by atoms with E-state index < -0.39 is 35.9 Å². The molecule has 0 saturated carbocycles.